The molecule has 0 amide bonds. The molecule has 0 fully saturated rings. The fraction of sp³-hybridized carbons (Fsp3) is 0. The molecular formula is C16H8Cl2N2O3. The minimum absolute atomic E-state index is 0.0468. The average molecular weight is 347 g/mol. The highest BCUT2D eigenvalue weighted by Gasteiger charge is 2.18. The monoisotopic (exact) mass is 346 g/mol. The number of hydrogen-bond acceptors (Lipinski definition) is 4. The third kappa shape index (κ3) is 3.75. The van der Waals surface area contributed by atoms with Crippen molar-refractivity contribution in [3.8, 4) is 6.07 Å². The topological polar surface area (TPSA) is 84.0 Å². The average Bonchev–Trinajstić information content (AvgIpc) is 2.52. The summed E-state index contributed by atoms with van der Waals surface area (Å²) in [5.41, 5.74) is 0.268. The van der Waals surface area contributed by atoms with Crippen molar-refractivity contribution in [2.24, 2.45) is 0 Å². The Bertz CT molecular complexity index is 832. The number of nitrogens with zero attached hydrogens (tertiary/aromatic N) is 2. The van der Waals surface area contributed by atoms with Crippen molar-refractivity contribution >= 4 is 40.7 Å². The van der Waals surface area contributed by atoms with E-state index in [4.69, 9.17) is 23.2 Å². The molecule has 2 aromatic carbocycles. The lowest BCUT2D eigenvalue weighted by atomic mass is 10.0. The molecule has 0 radical (unpaired) electrons. The molecule has 23 heavy (non-hydrogen) atoms. The van der Waals surface area contributed by atoms with Crippen LogP contribution in [0.5, 0.6) is 0 Å². The first kappa shape index (κ1) is 16.7. The van der Waals surface area contributed by atoms with Gasteiger partial charge in [0.2, 0.25) is 5.78 Å². The molecule has 0 aromatic heterocycles. The van der Waals surface area contributed by atoms with Crippen molar-refractivity contribution in [2.75, 3.05) is 0 Å². The summed E-state index contributed by atoms with van der Waals surface area (Å²) in [5.74, 6) is -0.610. The summed E-state index contributed by atoms with van der Waals surface area (Å²) in [4.78, 5) is 22.5. The fourth-order valence-corrected chi connectivity index (χ4v) is 2.43. The number of benzene rings is 2. The second kappa shape index (κ2) is 7.05. The molecule has 0 saturated heterocycles. The van der Waals surface area contributed by atoms with E-state index < -0.39 is 10.7 Å². The van der Waals surface area contributed by atoms with Crippen LogP contribution in [0.1, 0.15) is 15.9 Å². The Balaban J connectivity index is 2.41. The van der Waals surface area contributed by atoms with Crippen molar-refractivity contribution in [3.05, 3.63) is 79.3 Å². The first-order valence-electron chi connectivity index (χ1n) is 6.29. The highest BCUT2D eigenvalue weighted by atomic mass is 35.5. The maximum atomic E-state index is 12.4. The molecule has 5 nitrogen and oxygen atoms in total. The quantitative estimate of drug-likeness (QED) is 0.264. The number of halogens is 2. The molecule has 0 N–H and O–H groups in total. The van der Waals surface area contributed by atoms with E-state index in [2.05, 4.69) is 0 Å². The van der Waals surface area contributed by atoms with Gasteiger partial charge in [-0.1, -0.05) is 29.3 Å². The summed E-state index contributed by atoms with van der Waals surface area (Å²) in [7, 11) is 0. The van der Waals surface area contributed by atoms with Gasteiger partial charge in [0.1, 0.15) is 11.6 Å². The standard InChI is InChI=1S/C16H8Cl2N2O3/c17-13-2-1-3-14(18)15(13)16(21)11(9-19)8-10-4-6-12(7-5-10)20(22)23/h1-8H/b11-8-. The van der Waals surface area contributed by atoms with Crippen LogP contribution in [0.15, 0.2) is 48.0 Å². The smallest absolute Gasteiger partial charge is 0.269 e. The molecule has 0 aliphatic carbocycles. The Labute approximate surface area is 141 Å². The summed E-state index contributed by atoms with van der Waals surface area (Å²) in [6, 6.07) is 11.8. The van der Waals surface area contributed by atoms with E-state index in [0.717, 1.165) is 0 Å². The Morgan fingerprint density at radius 1 is 1.13 bits per heavy atom. The van der Waals surface area contributed by atoms with E-state index in [1.807, 2.05) is 0 Å². The lowest BCUT2D eigenvalue weighted by Crippen LogP contribution is -2.04. The van der Waals surface area contributed by atoms with Crippen LogP contribution in [0, 0.1) is 21.4 Å². The number of nitro benzene ring substituents is 1. The van der Waals surface area contributed by atoms with Crippen LogP contribution < -0.4 is 0 Å². The predicted octanol–water partition coefficient (Wildman–Crippen LogP) is 4.69. The maximum absolute atomic E-state index is 12.4. The minimum Gasteiger partial charge on any atom is -0.288 e. The van der Waals surface area contributed by atoms with Crippen LogP contribution in [-0.2, 0) is 0 Å². The van der Waals surface area contributed by atoms with Crippen LogP contribution >= 0.6 is 23.2 Å². The Morgan fingerprint density at radius 3 is 2.17 bits per heavy atom. The van der Waals surface area contributed by atoms with Gasteiger partial charge in [-0.3, -0.25) is 14.9 Å². The number of carbonyl (C=O) groups excluding carboxylic acids is 1. The third-order valence-corrected chi connectivity index (χ3v) is 3.60. The highest BCUT2D eigenvalue weighted by Crippen LogP contribution is 2.27. The highest BCUT2D eigenvalue weighted by molar-refractivity contribution is 6.41. The van der Waals surface area contributed by atoms with E-state index in [-0.39, 0.29) is 26.9 Å². The van der Waals surface area contributed by atoms with Gasteiger partial charge in [0.25, 0.3) is 5.69 Å². The number of nitriles is 1. The van der Waals surface area contributed by atoms with Crippen LogP contribution in [0.3, 0.4) is 0 Å². The molecular weight excluding hydrogens is 339 g/mol. The first-order chi connectivity index (χ1) is 10.9. The van der Waals surface area contributed by atoms with E-state index in [9.17, 15) is 20.2 Å². The van der Waals surface area contributed by atoms with Crippen molar-refractivity contribution < 1.29 is 9.72 Å². The van der Waals surface area contributed by atoms with Crippen molar-refractivity contribution in [1.29, 1.82) is 5.26 Å². The summed E-state index contributed by atoms with van der Waals surface area (Å²) in [6.07, 6.45) is 1.33. The minimum atomic E-state index is -0.610. The zero-order valence-corrected chi connectivity index (χ0v) is 13.0. The Kier molecular flexibility index (Phi) is 5.12. The molecule has 7 heteroatoms. The molecule has 0 atom stereocenters. The zero-order chi connectivity index (χ0) is 17.0. The van der Waals surface area contributed by atoms with Crippen LogP contribution in [0.4, 0.5) is 5.69 Å². The number of hydrogen-bond donors (Lipinski definition) is 0. The van der Waals surface area contributed by atoms with Gasteiger partial charge in [-0.2, -0.15) is 5.26 Å². The molecule has 0 bridgehead atoms. The van der Waals surface area contributed by atoms with Gasteiger partial charge < -0.3 is 0 Å². The lowest BCUT2D eigenvalue weighted by molar-refractivity contribution is -0.384. The zero-order valence-electron chi connectivity index (χ0n) is 11.5. The van der Waals surface area contributed by atoms with Gasteiger partial charge in [-0.05, 0) is 35.9 Å². The number of allylic oxidation sites excluding steroid dienone is 1. The van der Waals surface area contributed by atoms with E-state index in [0.29, 0.717) is 5.56 Å². The molecule has 0 spiro atoms. The number of nitro groups is 1. The summed E-state index contributed by atoms with van der Waals surface area (Å²) >= 11 is 11.9. The largest absolute Gasteiger partial charge is 0.288 e. The van der Waals surface area contributed by atoms with Crippen molar-refractivity contribution in [3.63, 3.8) is 0 Å². The molecule has 0 saturated carbocycles. The number of Topliss-reactive ketones (excluding diaryl/α,β-unsaturated/α-hetero) is 1. The number of rotatable bonds is 4. The molecule has 0 aliphatic rings. The summed E-state index contributed by atoms with van der Waals surface area (Å²) < 4.78 is 0. The fourth-order valence-electron chi connectivity index (χ4n) is 1.86. The predicted molar refractivity (Wildman–Crippen MR) is 87.5 cm³/mol. The van der Waals surface area contributed by atoms with Gasteiger partial charge in [-0.25, -0.2) is 0 Å². The number of non-ortho nitro benzene ring substituents is 1. The first-order valence-corrected chi connectivity index (χ1v) is 7.04. The third-order valence-electron chi connectivity index (χ3n) is 2.97. The molecule has 2 rings (SSSR count). The second-order valence-electron chi connectivity index (χ2n) is 4.44. The normalized spacial score (nSPS) is 10.9. The molecule has 0 heterocycles. The van der Waals surface area contributed by atoms with Gasteiger partial charge >= 0.3 is 0 Å². The molecule has 114 valence electrons. The number of ketones is 1. The maximum Gasteiger partial charge on any atom is 0.269 e. The second-order valence-corrected chi connectivity index (χ2v) is 5.26. The number of carbonyl (C=O) groups is 1. The van der Waals surface area contributed by atoms with Gasteiger partial charge in [0.05, 0.1) is 20.5 Å². The molecule has 2 aromatic rings. The van der Waals surface area contributed by atoms with E-state index in [1.54, 1.807) is 12.1 Å². The summed E-state index contributed by atoms with van der Waals surface area (Å²) in [5, 5.41) is 20.1. The van der Waals surface area contributed by atoms with Crippen molar-refractivity contribution in [1.82, 2.24) is 0 Å². The van der Waals surface area contributed by atoms with Gasteiger partial charge in [-0.15, -0.1) is 0 Å². The SMILES string of the molecule is N#C/C(=C/c1ccc([N+](=O)[O-])cc1)C(=O)c1c(Cl)cccc1Cl. The van der Waals surface area contributed by atoms with Crippen LogP contribution in [0.2, 0.25) is 10.0 Å². The van der Waals surface area contributed by atoms with Crippen LogP contribution in [0.25, 0.3) is 6.08 Å². The summed E-state index contributed by atoms with van der Waals surface area (Å²) in [6.45, 7) is 0. The molecule has 0 unspecified atom stereocenters. The van der Waals surface area contributed by atoms with E-state index in [1.165, 1.54) is 42.5 Å². The lowest BCUT2D eigenvalue weighted by Gasteiger charge is -2.05. The van der Waals surface area contributed by atoms with Gasteiger partial charge in [0.15, 0.2) is 0 Å². The molecule has 0 aliphatic heterocycles. The van der Waals surface area contributed by atoms with Crippen molar-refractivity contribution in [2.45, 2.75) is 0 Å². The Morgan fingerprint density at radius 2 is 1.70 bits per heavy atom. The van der Waals surface area contributed by atoms with E-state index >= 15 is 0 Å². The van der Waals surface area contributed by atoms with Gasteiger partial charge in [0, 0.05) is 12.1 Å². The van der Waals surface area contributed by atoms with Crippen LogP contribution in [-0.4, -0.2) is 10.7 Å². The Hall–Kier alpha value is -2.68.